The number of nitro groups is 1. The van der Waals surface area contributed by atoms with E-state index in [4.69, 9.17) is 11.6 Å². The zero-order valence-electron chi connectivity index (χ0n) is 18.3. The van der Waals surface area contributed by atoms with Crippen LogP contribution >= 0.6 is 23.4 Å². The normalized spacial score (nSPS) is 11.1. The number of anilines is 1. The second kappa shape index (κ2) is 12.0. The third kappa shape index (κ3) is 6.93. The van der Waals surface area contributed by atoms with E-state index >= 15 is 0 Å². The molecule has 3 aromatic carbocycles. The van der Waals surface area contributed by atoms with E-state index in [1.165, 1.54) is 66.4 Å². The van der Waals surface area contributed by atoms with Gasteiger partial charge in [-0.15, -0.1) is 0 Å². The molecule has 12 heteroatoms. The minimum absolute atomic E-state index is 0.0122. The van der Waals surface area contributed by atoms with Gasteiger partial charge in [-0.25, -0.2) is 12.8 Å². The Morgan fingerprint density at radius 3 is 2.49 bits per heavy atom. The van der Waals surface area contributed by atoms with Crippen LogP contribution in [0.4, 0.5) is 15.8 Å². The zero-order valence-corrected chi connectivity index (χ0v) is 20.7. The molecule has 1 amide bonds. The minimum Gasteiger partial charge on any atom is -0.354 e. The molecule has 0 fully saturated rings. The Kier molecular flexibility index (Phi) is 9.07. The van der Waals surface area contributed by atoms with Crippen LogP contribution in [-0.4, -0.2) is 38.1 Å². The van der Waals surface area contributed by atoms with Gasteiger partial charge in [-0.05, 0) is 30.3 Å². The van der Waals surface area contributed by atoms with Gasteiger partial charge in [0.1, 0.15) is 12.4 Å². The highest BCUT2D eigenvalue weighted by Gasteiger charge is 2.28. The first-order valence-corrected chi connectivity index (χ1v) is 13.3. The molecule has 0 saturated heterocycles. The lowest BCUT2D eigenvalue weighted by molar-refractivity contribution is -0.384. The lowest BCUT2D eigenvalue weighted by Gasteiger charge is -2.24. The van der Waals surface area contributed by atoms with E-state index in [0.29, 0.717) is 22.1 Å². The van der Waals surface area contributed by atoms with Crippen LogP contribution in [0.15, 0.2) is 77.7 Å². The number of nitro benzene ring substituents is 1. The Balaban J connectivity index is 1.69. The first-order chi connectivity index (χ1) is 16.7. The van der Waals surface area contributed by atoms with Gasteiger partial charge in [0.15, 0.2) is 0 Å². The van der Waals surface area contributed by atoms with Crippen LogP contribution in [0.3, 0.4) is 0 Å². The van der Waals surface area contributed by atoms with Crippen molar-refractivity contribution in [1.29, 1.82) is 0 Å². The largest absolute Gasteiger partial charge is 0.354 e. The summed E-state index contributed by atoms with van der Waals surface area (Å²) in [6.07, 6.45) is 0. The third-order valence-electron chi connectivity index (χ3n) is 4.82. The molecule has 0 saturated carbocycles. The van der Waals surface area contributed by atoms with Crippen LogP contribution in [0.1, 0.15) is 5.56 Å². The summed E-state index contributed by atoms with van der Waals surface area (Å²) in [6.45, 7) is -0.383. The van der Waals surface area contributed by atoms with Crippen molar-refractivity contribution in [2.24, 2.45) is 0 Å². The Labute approximate surface area is 211 Å². The Morgan fingerprint density at radius 1 is 1.09 bits per heavy atom. The van der Waals surface area contributed by atoms with E-state index in [2.05, 4.69) is 5.32 Å². The molecule has 1 N–H and O–H groups in total. The summed E-state index contributed by atoms with van der Waals surface area (Å²) < 4.78 is 41.2. The van der Waals surface area contributed by atoms with E-state index in [1.807, 2.05) is 0 Å². The number of sulfonamides is 1. The number of halogens is 2. The fourth-order valence-electron chi connectivity index (χ4n) is 3.09. The predicted molar refractivity (Wildman–Crippen MR) is 135 cm³/mol. The minimum atomic E-state index is -4.18. The molecule has 0 atom stereocenters. The number of nitrogens with one attached hydrogen (secondary N) is 1. The number of amides is 1. The van der Waals surface area contributed by atoms with E-state index in [1.54, 1.807) is 12.1 Å². The molecule has 3 aromatic rings. The molecule has 0 aliphatic carbocycles. The predicted octanol–water partition coefficient (Wildman–Crippen LogP) is 4.63. The molecule has 0 aliphatic heterocycles. The molecule has 0 heterocycles. The van der Waals surface area contributed by atoms with Gasteiger partial charge in [-0.1, -0.05) is 41.9 Å². The maximum atomic E-state index is 13.9. The van der Waals surface area contributed by atoms with Crippen molar-refractivity contribution in [1.82, 2.24) is 5.32 Å². The summed E-state index contributed by atoms with van der Waals surface area (Å²) in [5, 5.41) is 14.1. The van der Waals surface area contributed by atoms with Gasteiger partial charge < -0.3 is 5.32 Å². The second-order valence-corrected chi connectivity index (χ2v) is 10.6. The third-order valence-corrected chi connectivity index (χ3v) is 7.95. The van der Waals surface area contributed by atoms with Crippen LogP contribution in [0.2, 0.25) is 5.02 Å². The molecule has 0 unspecified atom stereocenters. The average molecular weight is 538 g/mol. The molecule has 35 heavy (non-hydrogen) atoms. The van der Waals surface area contributed by atoms with Crippen molar-refractivity contribution < 1.29 is 22.5 Å². The van der Waals surface area contributed by atoms with Crippen molar-refractivity contribution >= 4 is 50.7 Å². The van der Waals surface area contributed by atoms with Crippen molar-refractivity contribution in [3.8, 4) is 0 Å². The lowest BCUT2D eigenvalue weighted by Crippen LogP contribution is -2.41. The fourth-order valence-corrected chi connectivity index (χ4v) is 5.72. The van der Waals surface area contributed by atoms with Crippen LogP contribution in [0.25, 0.3) is 0 Å². The highest BCUT2D eigenvalue weighted by atomic mass is 35.5. The molecule has 0 aliphatic rings. The van der Waals surface area contributed by atoms with Crippen molar-refractivity contribution in [3.05, 3.63) is 99.3 Å². The summed E-state index contributed by atoms with van der Waals surface area (Å²) >= 11 is 7.36. The molecular formula is C23H21ClFN3O5S2. The number of hydrogen-bond donors (Lipinski definition) is 1. The quantitative estimate of drug-likeness (QED) is 0.217. The number of nitrogens with zero attached hydrogens (tertiary/aromatic N) is 2. The molecule has 0 aromatic heterocycles. The van der Waals surface area contributed by atoms with Gasteiger partial charge in [0.25, 0.3) is 15.7 Å². The number of hydrogen-bond acceptors (Lipinski definition) is 6. The van der Waals surface area contributed by atoms with E-state index in [-0.39, 0.29) is 22.8 Å². The first-order valence-electron chi connectivity index (χ1n) is 10.3. The van der Waals surface area contributed by atoms with Crippen LogP contribution < -0.4 is 9.62 Å². The van der Waals surface area contributed by atoms with Gasteiger partial charge in [0, 0.05) is 40.8 Å². The smallest absolute Gasteiger partial charge is 0.271 e. The van der Waals surface area contributed by atoms with Crippen molar-refractivity contribution in [3.63, 3.8) is 0 Å². The monoisotopic (exact) mass is 537 g/mol. The number of thioether (sulfide) groups is 1. The molecule has 0 bridgehead atoms. The summed E-state index contributed by atoms with van der Waals surface area (Å²) in [7, 11) is -4.18. The summed E-state index contributed by atoms with van der Waals surface area (Å²) in [6, 6.07) is 17.0. The number of carbonyl (C=O) groups excluding carboxylic acids is 1. The highest BCUT2D eigenvalue weighted by Crippen LogP contribution is 2.27. The average Bonchev–Trinajstić information content (AvgIpc) is 2.84. The topological polar surface area (TPSA) is 110 Å². The van der Waals surface area contributed by atoms with E-state index in [0.717, 1.165) is 10.4 Å². The zero-order chi connectivity index (χ0) is 25.4. The van der Waals surface area contributed by atoms with Gasteiger partial charge in [0.05, 0.1) is 15.5 Å². The fraction of sp³-hybridized carbons (Fsp3) is 0.174. The van der Waals surface area contributed by atoms with Gasteiger partial charge in [0.2, 0.25) is 5.91 Å². The molecular weight excluding hydrogens is 517 g/mol. The molecule has 184 valence electrons. The Bertz CT molecular complexity index is 1290. The Hall–Kier alpha value is -3.15. The van der Waals surface area contributed by atoms with E-state index < -0.39 is 33.2 Å². The molecule has 0 radical (unpaired) electrons. The van der Waals surface area contributed by atoms with Crippen LogP contribution in [0.5, 0.6) is 0 Å². The molecule has 8 nitrogen and oxygen atoms in total. The maximum Gasteiger partial charge on any atom is 0.271 e. The standard InChI is InChI=1S/C23H21ClFN3O5S2/c24-21-10-5-11-22(25)20(21)16-34-13-12-26-23(29)15-27(17-6-4-7-18(14-17)28(30)31)35(32,33)19-8-2-1-3-9-19/h1-11,14H,12-13,15-16H2,(H,26,29). The Morgan fingerprint density at radius 2 is 1.80 bits per heavy atom. The number of rotatable bonds is 11. The molecule has 3 rings (SSSR count). The summed E-state index contributed by atoms with van der Waals surface area (Å²) in [4.78, 5) is 23.1. The van der Waals surface area contributed by atoms with Gasteiger partial charge >= 0.3 is 0 Å². The van der Waals surface area contributed by atoms with Crippen molar-refractivity contribution in [2.45, 2.75) is 10.6 Å². The van der Waals surface area contributed by atoms with Gasteiger partial charge in [-0.3, -0.25) is 19.2 Å². The lowest BCUT2D eigenvalue weighted by atomic mass is 10.2. The number of benzene rings is 3. The highest BCUT2D eigenvalue weighted by molar-refractivity contribution is 7.98. The maximum absolute atomic E-state index is 13.9. The molecule has 0 spiro atoms. The summed E-state index contributed by atoms with van der Waals surface area (Å²) in [5.74, 6) is -0.268. The van der Waals surface area contributed by atoms with Crippen LogP contribution in [-0.2, 0) is 20.6 Å². The number of non-ortho nitro benzene ring substituents is 1. The SMILES string of the molecule is O=C(CN(c1cccc([N+](=O)[O-])c1)S(=O)(=O)c1ccccc1)NCCSCc1c(F)cccc1Cl. The number of carbonyl (C=O) groups is 1. The second-order valence-electron chi connectivity index (χ2n) is 7.20. The first kappa shape index (κ1) is 26.5. The van der Waals surface area contributed by atoms with Gasteiger partial charge in [-0.2, -0.15) is 11.8 Å². The van der Waals surface area contributed by atoms with Crippen molar-refractivity contribution in [2.75, 3.05) is 23.1 Å². The van der Waals surface area contributed by atoms with Crippen LogP contribution in [0, 0.1) is 15.9 Å². The summed E-state index contributed by atoms with van der Waals surface area (Å²) in [5.41, 5.74) is 0.0532. The van der Waals surface area contributed by atoms with E-state index in [9.17, 15) is 27.7 Å².